The molecule has 0 nitrogen and oxygen atoms in total. The van der Waals surface area contributed by atoms with Gasteiger partial charge in [-0.25, -0.2) is 0 Å². The average molecular weight is 675 g/mol. The minimum Gasteiger partial charge on any atom is -0.0687 e. The number of hydrogen-bond acceptors (Lipinski definition) is 0. The van der Waals surface area contributed by atoms with Gasteiger partial charge in [0.1, 0.15) is 0 Å². The second-order valence-corrected chi connectivity index (χ2v) is 14.9. The molecule has 0 aliphatic heterocycles. The first-order valence-corrected chi connectivity index (χ1v) is 18.7. The maximum Gasteiger partial charge on any atom is 0.241 e. The standard InChI is InChI=1S/C51H40B2/c1-51(2)49-34-38(26-32-47(49)48-33-31-46(36-50(48)51)52(41-16-6-3-7-17-41)42-18-8-4-9-19-42)23-22-37-24-28-44(29-25-37)53(43-20-10-5-11-21-43)45-30-27-39-14-12-13-15-40(39)35-45/h3-36H,1-2H3. The van der Waals surface area contributed by atoms with Crippen LogP contribution in [0.5, 0.6) is 0 Å². The van der Waals surface area contributed by atoms with Gasteiger partial charge in [0.05, 0.1) is 0 Å². The maximum atomic E-state index is 2.47. The number of benzene rings is 8. The van der Waals surface area contributed by atoms with Gasteiger partial charge in [-0.3, -0.25) is 0 Å². The van der Waals surface area contributed by atoms with E-state index in [0.29, 0.717) is 0 Å². The molecule has 1 aliphatic rings. The van der Waals surface area contributed by atoms with Crippen LogP contribution in [-0.4, -0.2) is 13.4 Å². The molecule has 0 amide bonds. The molecule has 0 atom stereocenters. The predicted octanol–water partition coefficient (Wildman–Crippen LogP) is 8.35. The third-order valence-electron chi connectivity index (χ3n) is 11.3. The molecule has 0 heterocycles. The molecule has 0 N–H and O–H groups in total. The SMILES string of the molecule is CC1(C)c2cc(C=Cc3ccc(B(c4ccccc4)c4ccc5ccccc5c4)cc3)ccc2-c2ccc(B(c3ccccc3)c3ccccc3)cc21. The van der Waals surface area contributed by atoms with Gasteiger partial charge in [-0.1, -0.05) is 253 Å². The summed E-state index contributed by atoms with van der Waals surface area (Å²) in [6.07, 6.45) is 4.51. The number of rotatable bonds is 8. The summed E-state index contributed by atoms with van der Waals surface area (Å²) in [5.41, 5.74) is 15.7. The van der Waals surface area contributed by atoms with Gasteiger partial charge < -0.3 is 0 Å². The normalized spacial score (nSPS) is 12.8. The van der Waals surface area contributed by atoms with Crippen molar-refractivity contribution in [2.24, 2.45) is 0 Å². The Hall–Kier alpha value is -6.11. The molecular weight excluding hydrogens is 634 g/mol. The molecule has 250 valence electrons. The zero-order valence-electron chi connectivity index (χ0n) is 30.3. The van der Waals surface area contributed by atoms with Crippen LogP contribution in [0, 0.1) is 0 Å². The lowest BCUT2D eigenvalue weighted by molar-refractivity contribution is 0.660. The van der Waals surface area contributed by atoms with E-state index in [4.69, 9.17) is 0 Å². The Morgan fingerprint density at radius 3 is 1.36 bits per heavy atom. The average Bonchev–Trinajstić information content (AvgIpc) is 3.44. The van der Waals surface area contributed by atoms with E-state index < -0.39 is 0 Å². The number of fused-ring (bicyclic) bond motifs is 4. The van der Waals surface area contributed by atoms with Crippen molar-refractivity contribution in [3.63, 3.8) is 0 Å². The smallest absolute Gasteiger partial charge is 0.0687 e. The van der Waals surface area contributed by atoms with Gasteiger partial charge in [-0.15, -0.1) is 0 Å². The Balaban J connectivity index is 0.998. The van der Waals surface area contributed by atoms with Crippen molar-refractivity contribution in [1.82, 2.24) is 0 Å². The molecule has 0 bridgehead atoms. The lowest BCUT2D eigenvalue weighted by atomic mass is 9.36. The Morgan fingerprint density at radius 1 is 0.340 bits per heavy atom. The Kier molecular flexibility index (Phi) is 8.53. The molecule has 8 aromatic carbocycles. The Bertz CT molecular complexity index is 2530. The zero-order valence-corrected chi connectivity index (χ0v) is 30.3. The fourth-order valence-electron chi connectivity index (χ4n) is 8.53. The van der Waals surface area contributed by atoms with Gasteiger partial charge in [0, 0.05) is 5.41 Å². The third-order valence-corrected chi connectivity index (χ3v) is 11.3. The summed E-state index contributed by atoms with van der Waals surface area (Å²) in [5, 5.41) is 2.54. The summed E-state index contributed by atoms with van der Waals surface area (Å²) >= 11 is 0. The molecule has 9 rings (SSSR count). The van der Waals surface area contributed by atoms with Crippen LogP contribution >= 0.6 is 0 Å². The van der Waals surface area contributed by atoms with Crippen molar-refractivity contribution in [2.75, 3.05) is 0 Å². The summed E-state index contributed by atoms with van der Waals surface area (Å²) in [6.45, 7) is 5.11. The highest BCUT2D eigenvalue weighted by Gasteiger charge is 2.36. The van der Waals surface area contributed by atoms with Crippen LogP contribution in [0.15, 0.2) is 194 Å². The monoisotopic (exact) mass is 674 g/mol. The van der Waals surface area contributed by atoms with Crippen LogP contribution in [0.1, 0.15) is 36.1 Å². The summed E-state index contributed by atoms with van der Waals surface area (Å²) in [5.74, 6) is 0. The van der Waals surface area contributed by atoms with Crippen LogP contribution in [0.3, 0.4) is 0 Å². The first kappa shape index (κ1) is 32.8. The Labute approximate surface area is 314 Å². The summed E-state index contributed by atoms with van der Waals surface area (Å²) in [6, 6.07) is 71.4. The Morgan fingerprint density at radius 2 is 0.755 bits per heavy atom. The van der Waals surface area contributed by atoms with Gasteiger partial charge >= 0.3 is 0 Å². The number of hydrogen-bond donors (Lipinski definition) is 0. The van der Waals surface area contributed by atoms with Crippen LogP contribution in [0.4, 0.5) is 0 Å². The van der Waals surface area contributed by atoms with Crippen molar-refractivity contribution >= 4 is 69.1 Å². The van der Waals surface area contributed by atoms with Crippen molar-refractivity contribution < 1.29 is 0 Å². The van der Waals surface area contributed by atoms with E-state index in [9.17, 15) is 0 Å². The molecule has 0 unspecified atom stereocenters. The quantitative estimate of drug-likeness (QED) is 0.112. The van der Waals surface area contributed by atoms with Crippen molar-refractivity contribution in [2.45, 2.75) is 19.3 Å². The molecule has 53 heavy (non-hydrogen) atoms. The largest absolute Gasteiger partial charge is 0.241 e. The molecule has 2 heteroatoms. The highest BCUT2D eigenvalue weighted by molar-refractivity contribution is 6.96. The lowest BCUT2D eigenvalue weighted by Crippen LogP contribution is -2.52. The van der Waals surface area contributed by atoms with E-state index in [1.807, 2.05) is 0 Å². The summed E-state index contributed by atoms with van der Waals surface area (Å²) in [7, 11) is 0. The predicted molar refractivity (Wildman–Crippen MR) is 232 cm³/mol. The molecule has 8 aromatic rings. The molecule has 0 saturated heterocycles. The topological polar surface area (TPSA) is 0 Å². The minimum atomic E-state index is -0.112. The van der Waals surface area contributed by atoms with Gasteiger partial charge in [0.25, 0.3) is 0 Å². The van der Waals surface area contributed by atoms with E-state index in [1.165, 1.54) is 76.9 Å². The van der Waals surface area contributed by atoms with E-state index in [-0.39, 0.29) is 18.8 Å². The van der Waals surface area contributed by atoms with Gasteiger partial charge in [-0.2, -0.15) is 0 Å². The second kappa shape index (κ2) is 13.8. The van der Waals surface area contributed by atoms with E-state index >= 15 is 0 Å². The van der Waals surface area contributed by atoms with Crippen LogP contribution in [-0.2, 0) is 5.41 Å². The second-order valence-electron chi connectivity index (χ2n) is 14.9. The molecule has 0 aromatic heterocycles. The third kappa shape index (κ3) is 6.25. The summed E-state index contributed by atoms with van der Waals surface area (Å²) < 4.78 is 0. The molecule has 1 aliphatic carbocycles. The molecule has 0 spiro atoms. The lowest BCUT2D eigenvalue weighted by Gasteiger charge is -2.24. The van der Waals surface area contributed by atoms with Crippen LogP contribution in [0.25, 0.3) is 34.1 Å². The van der Waals surface area contributed by atoms with E-state index in [0.717, 1.165) is 0 Å². The summed E-state index contributed by atoms with van der Waals surface area (Å²) in [4.78, 5) is 0. The van der Waals surface area contributed by atoms with E-state index in [2.05, 4.69) is 220 Å². The fourth-order valence-corrected chi connectivity index (χ4v) is 8.53. The van der Waals surface area contributed by atoms with E-state index in [1.54, 1.807) is 0 Å². The van der Waals surface area contributed by atoms with Gasteiger partial charge in [0.15, 0.2) is 0 Å². The van der Waals surface area contributed by atoms with Gasteiger partial charge in [0.2, 0.25) is 13.4 Å². The maximum absolute atomic E-state index is 2.47. The highest BCUT2D eigenvalue weighted by atomic mass is 14.4. The van der Waals surface area contributed by atoms with Crippen LogP contribution in [0.2, 0.25) is 0 Å². The first-order valence-electron chi connectivity index (χ1n) is 18.7. The molecule has 0 fully saturated rings. The van der Waals surface area contributed by atoms with Crippen molar-refractivity contribution in [1.29, 1.82) is 0 Å². The first-order chi connectivity index (χ1) is 26.0. The van der Waals surface area contributed by atoms with Crippen molar-refractivity contribution in [3.05, 3.63) is 216 Å². The zero-order chi connectivity index (χ0) is 35.8. The molecule has 0 radical (unpaired) electrons. The van der Waals surface area contributed by atoms with Crippen molar-refractivity contribution in [3.8, 4) is 11.1 Å². The fraction of sp³-hybridized carbons (Fsp3) is 0.0588. The molecule has 0 saturated carbocycles. The van der Waals surface area contributed by atoms with Crippen LogP contribution < -0.4 is 32.8 Å². The highest BCUT2D eigenvalue weighted by Crippen LogP contribution is 2.48. The van der Waals surface area contributed by atoms with Gasteiger partial charge in [-0.05, 0) is 44.2 Å². The minimum absolute atomic E-state index is 0.112. The molecular formula is C51H40B2.